The second-order valence-corrected chi connectivity index (χ2v) is 8.40. The first kappa shape index (κ1) is 18.3. The standard InChI is InChI=1S/C19H23N3O3S/c1-15-13-17(21-19(23)20-14-16-7-3-2-4-8-16)9-10-18(15)22-11-5-6-12-26(22,24)25/h2-4,7-10,13H,5-6,11-12,14H2,1H3,(H2,20,21,23). The number of carbonyl (C=O) groups excluding carboxylic acids is 1. The third-order valence-electron chi connectivity index (χ3n) is 4.37. The van der Waals surface area contributed by atoms with Crippen LogP contribution in [-0.2, 0) is 16.6 Å². The molecule has 6 nitrogen and oxygen atoms in total. The molecule has 1 aliphatic heterocycles. The first-order valence-electron chi connectivity index (χ1n) is 8.65. The fourth-order valence-electron chi connectivity index (χ4n) is 3.03. The van der Waals surface area contributed by atoms with Crippen molar-refractivity contribution < 1.29 is 13.2 Å². The molecule has 7 heteroatoms. The molecule has 2 N–H and O–H groups in total. The fourth-order valence-corrected chi connectivity index (χ4v) is 4.73. The van der Waals surface area contributed by atoms with Crippen LogP contribution in [0.15, 0.2) is 48.5 Å². The van der Waals surface area contributed by atoms with Crippen LogP contribution in [0.1, 0.15) is 24.0 Å². The van der Waals surface area contributed by atoms with Gasteiger partial charge in [0.1, 0.15) is 0 Å². The predicted molar refractivity (Wildman–Crippen MR) is 104 cm³/mol. The van der Waals surface area contributed by atoms with Crippen molar-refractivity contribution in [3.8, 4) is 0 Å². The number of hydrogen-bond acceptors (Lipinski definition) is 3. The molecule has 0 saturated carbocycles. The molecule has 0 aromatic heterocycles. The highest BCUT2D eigenvalue weighted by atomic mass is 32.2. The maximum Gasteiger partial charge on any atom is 0.319 e. The molecule has 1 heterocycles. The van der Waals surface area contributed by atoms with Crippen LogP contribution in [0.5, 0.6) is 0 Å². The smallest absolute Gasteiger partial charge is 0.319 e. The van der Waals surface area contributed by atoms with E-state index in [9.17, 15) is 13.2 Å². The fraction of sp³-hybridized carbons (Fsp3) is 0.316. The molecule has 1 aliphatic rings. The van der Waals surface area contributed by atoms with E-state index in [0.29, 0.717) is 30.9 Å². The zero-order valence-corrected chi connectivity index (χ0v) is 15.6. The minimum absolute atomic E-state index is 0.189. The summed E-state index contributed by atoms with van der Waals surface area (Å²) in [6.07, 6.45) is 1.57. The van der Waals surface area contributed by atoms with Gasteiger partial charge in [-0.2, -0.15) is 0 Å². The van der Waals surface area contributed by atoms with Crippen molar-refractivity contribution in [1.82, 2.24) is 5.32 Å². The van der Waals surface area contributed by atoms with Crippen molar-refractivity contribution in [2.24, 2.45) is 0 Å². The molecule has 138 valence electrons. The normalized spacial score (nSPS) is 16.1. The van der Waals surface area contributed by atoms with Crippen LogP contribution >= 0.6 is 0 Å². The summed E-state index contributed by atoms with van der Waals surface area (Å²) in [5, 5.41) is 5.59. The average Bonchev–Trinajstić information content (AvgIpc) is 2.61. The molecule has 0 bridgehead atoms. The highest BCUT2D eigenvalue weighted by molar-refractivity contribution is 7.92. The van der Waals surface area contributed by atoms with Gasteiger partial charge in [-0.1, -0.05) is 30.3 Å². The van der Waals surface area contributed by atoms with Crippen LogP contribution in [0, 0.1) is 6.92 Å². The summed E-state index contributed by atoms with van der Waals surface area (Å²) in [4.78, 5) is 12.1. The Balaban J connectivity index is 1.65. The Morgan fingerprint density at radius 3 is 2.58 bits per heavy atom. The van der Waals surface area contributed by atoms with E-state index in [1.54, 1.807) is 18.2 Å². The molecule has 2 amide bonds. The number of anilines is 2. The summed E-state index contributed by atoms with van der Waals surface area (Å²) < 4.78 is 26.0. The van der Waals surface area contributed by atoms with Gasteiger partial charge < -0.3 is 10.6 Å². The summed E-state index contributed by atoms with van der Waals surface area (Å²) in [6.45, 7) is 2.80. The van der Waals surface area contributed by atoms with Gasteiger partial charge in [0.05, 0.1) is 11.4 Å². The number of benzene rings is 2. The quantitative estimate of drug-likeness (QED) is 0.863. The van der Waals surface area contributed by atoms with Crippen molar-refractivity contribution in [3.63, 3.8) is 0 Å². The summed E-state index contributed by atoms with van der Waals surface area (Å²) in [6, 6.07) is 14.6. The maximum atomic E-state index is 12.3. The van der Waals surface area contributed by atoms with E-state index >= 15 is 0 Å². The van der Waals surface area contributed by atoms with Crippen LogP contribution in [0.3, 0.4) is 0 Å². The highest BCUT2D eigenvalue weighted by Gasteiger charge is 2.27. The van der Waals surface area contributed by atoms with E-state index in [1.165, 1.54) is 4.31 Å². The molecule has 0 atom stereocenters. The molecule has 0 aliphatic carbocycles. The number of urea groups is 1. The molecule has 0 unspecified atom stereocenters. The number of nitrogens with one attached hydrogen (secondary N) is 2. The molecule has 0 radical (unpaired) electrons. The van der Waals surface area contributed by atoms with Crippen molar-refractivity contribution >= 4 is 27.4 Å². The van der Waals surface area contributed by atoms with Crippen LogP contribution in [-0.4, -0.2) is 26.7 Å². The predicted octanol–water partition coefficient (Wildman–Crippen LogP) is 3.25. The molecule has 0 spiro atoms. The Bertz CT molecular complexity index is 882. The van der Waals surface area contributed by atoms with Gasteiger partial charge in [-0.05, 0) is 49.1 Å². The Hall–Kier alpha value is -2.54. The topological polar surface area (TPSA) is 78.5 Å². The highest BCUT2D eigenvalue weighted by Crippen LogP contribution is 2.28. The van der Waals surface area contributed by atoms with E-state index in [-0.39, 0.29) is 11.8 Å². The van der Waals surface area contributed by atoms with Gasteiger partial charge in [-0.15, -0.1) is 0 Å². The van der Waals surface area contributed by atoms with Crippen LogP contribution in [0.2, 0.25) is 0 Å². The summed E-state index contributed by atoms with van der Waals surface area (Å²) in [5.41, 5.74) is 3.15. The van der Waals surface area contributed by atoms with Crippen LogP contribution < -0.4 is 14.9 Å². The van der Waals surface area contributed by atoms with Gasteiger partial charge in [-0.3, -0.25) is 4.31 Å². The number of rotatable bonds is 4. The number of amides is 2. The monoisotopic (exact) mass is 373 g/mol. The lowest BCUT2D eigenvalue weighted by Crippen LogP contribution is -2.38. The first-order chi connectivity index (χ1) is 12.5. The van der Waals surface area contributed by atoms with Crippen molar-refractivity contribution in [2.75, 3.05) is 21.9 Å². The minimum Gasteiger partial charge on any atom is -0.334 e. The number of sulfonamides is 1. The van der Waals surface area contributed by atoms with Crippen LogP contribution in [0.25, 0.3) is 0 Å². The lowest BCUT2D eigenvalue weighted by molar-refractivity contribution is 0.251. The van der Waals surface area contributed by atoms with E-state index in [0.717, 1.165) is 17.5 Å². The first-order valence-corrected chi connectivity index (χ1v) is 10.3. The van der Waals surface area contributed by atoms with E-state index in [4.69, 9.17) is 0 Å². The summed E-state index contributed by atoms with van der Waals surface area (Å²) in [7, 11) is -3.24. The lowest BCUT2D eigenvalue weighted by Gasteiger charge is -2.29. The molecular formula is C19H23N3O3S. The zero-order chi connectivity index (χ0) is 18.6. The summed E-state index contributed by atoms with van der Waals surface area (Å²) >= 11 is 0. The molecule has 1 saturated heterocycles. The Kier molecular flexibility index (Phi) is 5.46. The Morgan fingerprint density at radius 1 is 1.12 bits per heavy atom. The molecule has 2 aromatic rings. The number of carbonyl (C=O) groups is 1. The Morgan fingerprint density at radius 2 is 1.88 bits per heavy atom. The van der Waals surface area contributed by atoms with Crippen molar-refractivity contribution in [2.45, 2.75) is 26.3 Å². The van der Waals surface area contributed by atoms with Gasteiger partial charge in [0.2, 0.25) is 10.0 Å². The van der Waals surface area contributed by atoms with Crippen LogP contribution in [0.4, 0.5) is 16.2 Å². The SMILES string of the molecule is Cc1cc(NC(=O)NCc2ccccc2)ccc1N1CCCCS1(=O)=O. The Labute approximate surface area is 154 Å². The second-order valence-electron chi connectivity index (χ2n) is 6.39. The lowest BCUT2D eigenvalue weighted by atomic mass is 10.1. The van der Waals surface area contributed by atoms with Crippen molar-refractivity contribution in [1.29, 1.82) is 0 Å². The third-order valence-corrected chi connectivity index (χ3v) is 6.22. The number of nitrogens with zero attached hydrogens (tertiary/aromatic N) is 1. The van der Waals surface area contributed by atoms with E-state index in [1.807, 2.05) is 37.3 Å². The van der Waals surface area contributed by atoms with E-state index in [2.05, 4.69) is 10.6 Å². The molecular weight excluding hydrogens is 350 g/mol. The molecule has 26 heavy (non-hydrogen) atoms. The van der Waals surface area contributed by atoms with Gasteiger partial charge in [0, 0.05) is 18.8 Å². The number of aryl methyl sites for hydroxylation is 1. The van der Waals surface area contributed by atoms with Gasteiger partial charge in [0.25, 0.3) is 0 Å². The summed E-state index contributed by atoms with van der Waals surface area (Å²) in [5.74, 6) is 0.189. The maximum absolute atomic E-state index is 12.3. The van der Waals surface area contributed by atoms with Gasteiger partial charge in [-0.25, -0.2) is 13.2 Å². The minimum atomic E-state index is -3.24. The third kappa shape index (κ3) is 4.35. The largest absolute Gasteiger partial charge is 0.334 e. The second kappa shape index (κ2) is 7.78. The zero-order valence-electron chi connectivity index (χ0n) is 14.7. The molecule has 1 fully saturated rings. The van der Waals surface area contributed by atoms with Gasteiger partial charge in [0.15, 0.2) is 0 Å². The molecule has 2 aromatic carbocycles. The van der Waals surface area contributed by atoms with Gasteiger partial charge >= 0.3 is 6.03 Å². The van der Waals surface area contributed by atoms with Crippen molar-refractivity contribution in [3.05, 3.63) is 59.7 Å². The van der Waals surface area contributed by atoms with E-state index < -0.39 is 10.0 Å². The number of hydrogen-bond donors (Lipinski definition) is 2. The average molecular weight is 373 g/mol. The molecule has 3 rings (SSSR count).